The molecule has 0 saturated heterocycles. The fraction of sp³-hybridized carbons (Fsp3) is 0.235. The molecule has 0 atom stereocenters. The van der Waals surface area contributed by atoms with Crippen molar-refractivity contribution in [3.63, 3.8) is 0 Å². The van der Waals surface area contributed by atoms with Gasteiger partial charge in [0.25, 0.3) is 0 Å². The Bertz CT molecular complexity index is 769. The number of aromatic nitrogens is 3. The van der Waals surface area contributed by atoms with Gasteiger partial charge in [0.2, 0.25) is 5.95 Å². The highest BCUT2D eigenvalue weighted by molar-refractivity contribution is 5.61. The average Bonchev–Trinajstić information content (AvgIpc) is 3.25. The van der Waals surface area contributed by atoms with Crippen molar-refractivity contribution in [2.24, 2.45) is 0 Å². The molecule has 0 aromatic carbocycles. The quantitative estimate of drug-likeness (QED) is 0.727. The summed E-state index contributed by atoms with van der Waals surface area (Å²) < 4.78 is 5.34. The van der Waals surface area contributed by atoms with E-state index in [1.165, 1.54) is 12.8 Å². The van der Waals surface area contributed by atoms with Gasteiger partial charge in [0, 0.05) is 18.3 Å². The number of hydrogen-bond donors (Lipinski definition) is 2. The van der Waals surface area contributed by atoms with E-state index in [2.05, 4.69) is 25.6 Å². The lowest BCUT2D eigenvalue weighted by Crippen LogP contribution is -2.09. The van der Waals surface area contributed by atoms with Crippen LogP contribution in [0.5, 0.6) is 0 Å². The van der Waals surface area contributed by atoms with Gasteiger partial charge in [-0.2, -0.15) is 4.98 Å². The van der Waals surface area contributed by atoms with Crippen molar-refractivity contribution in [2.45, 2.75) is 25.4 Å². The van der Waals surface area contributed by atoms with E-state index < -0.39 is 0 Å². The predicted octanol–water partition coefficient (Wildman–Crippen LogP) is 3.32. The van der Waals surface area contributed by atoms with Crippen molar-refractivity contribution < 1.29 is 4.42 Å². The number of hydrogen-bond acceptors (Lipinski definition) is 6. The molecule has 1 aliphatic rings. The lowest BCUT2D eigenvalue weighted by molar-refractivity contribution is 0.518. The van der Waals surface area contributed by atoms with E-state index in [-0.39, 0.29) is 0 Å². The summed E-state index contributed by atoms with van der Waals surface area (Å²) in [5.74, 6) is 2.25. The Morgan fingerprint density at radius 3 is 2.78 bits per heavy atom. The van der Waals surface area contributed by atoms with Gasteiger partial charge in [0.1, 0.15) is 11.6 Å². The standard InChI is InChI=1S/C17H17N5O/c1-2-8-18-14(5-1)15-10-16(19-11-13-4-3-9-23-13)22-17(21-15)20-12-6-7-12/h1-5,8-10,12H,6-7,11H2,(H2,19,20,21,22). The molecule has 2 N–H and O–H groups in total. The topological polar surface area (TPSA) is 75.9 Å². The number of furan rings is 1. The first-order chi connectivity index (χ1) is 11.4. The summed E-state index contributed by atoms with van der Waals surface area (Å²) >= 11 is 0. The molecule has 1 fully saturated rings. The van der Waals surface area contributed by atoms with E-state index in [1.54, 1.807) is 12.5 Å². The molecule has 0 radical (unpaired) electrons. The molecule has 6 heteroatoms. The number of anilines is 2. The van der Waals surface area contributed by atoms with E-state index in [4.69, 9.17) is 4.42 Å². The van der Waals surface area contributed by atoms with Crippen LogP contribution in [0.25, 0.3) is 11.4 Å². The normalized spacial score (nSPS) is 13.7. The van der Waals surface area contributed by atoms with E-state index in [0.717, 1.165) is 23.0 Å². The zero-order valence-electron chi connectivity index (χ0n) is 12.6. The molecule has 116 valence electrons. The molecule has 1 aliphatic carbocycles. The van der Waals surface area contributed by atoms with Crippen molar-refractivity contribution in [2.75, 3.05) is 10.6 Å². The van der Waals surface area contributed by atoms with Gasteiger partial charge in [-0.05, 0) is 37.1 Å². The van der Waals surface area contributed by atoms with Crippen molar-refractivity contribution >= 4 is 11.8 Å². The summed E-state index contributed by atoms with van der Waals surface area (Å²) in [5, 5.41) is 6.62. The van der Waals surface area contributed by atoms with Crippen molar-refractivity contribution in [3.8, 4) is 11.4 Å². The molecule has 3 aromatic rings. The maximum absolute atomic E-state index is 5.34. The predicted molar refractivity (Wildman–Crippen MR) is 87.9 cm³/mol. The lowest BCUT2D eigenvalue weighted by atomic mass is 10.2. The van der Waals surface area contributed by atoms with E-state index in [0.29, 0.717) is 18.5 Å². The molecule has 0 amide bonds. The summed E-state index contributed by atoms with van der Waals surface area (Å²) in [7, 11) is 0. The summed E-state index contributed by atoms with van der Waals surface area (Å²) in [5.41, 5.74) is 1.63. The minimum atomic E-state index is 0.493. The Morgan fingerprint density at radius 1 is 1.09 bits per heavy atom. The van der Waals surface area contributed by atoms with Gasteiger partial charge in [0.15, 0.2) is 0 Å². The minimum absolute atomic E-state index is 0.493. The number of nitrogens with one attached hydrogen (secondary N) is 2. The molecular weight excluding hydrogens is 290 g/mol. The number of nitrogens with zero attached hydrogens (tertiary/aromatic N) is 3. The monoisotopic (exact) mass is 307 g/mol. The zero-order chi connectivity index (χ0) is 15.5. The molecule has 0 aliphatic heterocycles. The van der Waals surface area contributed by atoms with Crippen LogP contribution in [-0.2, 0) is 6.54 Å². The Kier molecular flexibility index (Phi) is 3.63. The smallest absolute Gasteiger partial charge is 0.225 e. The molecule has 23 heavy (non-hydrogen) atoms. The van der Waals surface area contributed by atoms with Crippen LogP contribution in [0.15, 0.2) is 53.3 Å². The fourth-order valence-corrected chi connectivity index (χ4v) is 2.25. The maximum atomic E-state index is 5.34. The van der Waals surface area contributed by atoms with Crippen molar-refractivity contribution in [3.05, 3.63) is 54.6 Å². The molecule has 3 aromatic heterocycles. The average molecular weight is 307 g/mol. The first kappa shape index (κ1) is 13.8. The van der Waals surface area contributed by atoms with Crippen molar-refractivity contribution in [1.82, 2.24) is 15.0 Å². The van der Waals surface area contributed by atoms with E-state index in [1.807, 2.05) is 36.4 Å². The highest BCUT2D eigenvalue weighted by Gasteiger charge is 2.22. The minimum Gasteiger partial charge on any atom is -0.467 e. The van der Waals surface area contributed by atoms with Gasteiger partial charge in [-0.3, -0.25) is 4.98 Å². The van der Waals surface area contributed by atoms with Gasteiger partial charge in [-0.1, -0.05) is 6.07 Å². The first-order valence-corrected chi connectivity index (χ1v) is 7.70. The summed E-state index contributed by atoms with van der Waals surface area (Å²) in [6, 6.07) is 12.0. The van der Waals surface area contributed by atoms with Crippen molar-refractivity contribution in [1.29, 1.82) is 0 Å². The molecule has 0 bridgehead atoms. The zero-order valence-corrected chi connectivity index (χ0v) is 12.6. The van der Waals surface area contributed by atoms with Gasteiger partial charge in [-0.25, -0.2) is 4.98 Å². The highest BCUT2D eigenvalue weighted by Crippen LogP contribution is 2.25. The number of rotatable bonds is 6. The van der Waals surface area contributed by atoms with E-state index >= 15 is 0 Å². The van der Waals surface area contributed by atoms with Crippen LogP contribution < -0.4 is 10.6 Å². The molecule has 6 nitrogen and oxygen atoms in total. The fourth-order valence-electron chi connectivity index (χ4n) is 2.25. The van der Waals surface area contributed by atoms with Crippen LogP contribution in [0.3, 0.4) is 0 Å². The van der Waals surface area contributed by atoms with Gasteiger partial charge >= 0.3 is 0 Å². The Hall–Kier alpha value is -2.89. The third kappa shape index (κ3) is 3.48. The van der Waals surface area contributed by atoms with E-state index in [9.17, 15) is 0 Å². The third-order valence-corrected chi connectivity index (χ3v) is 3.59. The molecule has 4 rings (SSSR count). The maximum Gasteiger partial charge on any atom is 0.225 e. The molecular formula is C17H17N5O. The highest BCUT2D eigenvalue weighted by atomic mass is 16.3. The van der Waals surface area contributed by atoms with Crippen LogP contribution in [0.2, 0.25) is 0 Å². The molecule has 1 saturated carbocycles. The first-order valence-electron chi connectivity index (χ1n) is 7.70. The Morgan fingerprint density at radius 2 is 2.04 bits per heavy atom. The SMILES string of the molecule is c1ccc(-c2cc(NCc3ccco3)nc(NC3CC3)n2)nc1. The number of pyridine rings is 1. The second-order valence-electron chi connectivity index (χ2n) is 5.53. The lowest BCUT2D eigenvalue weighted by Gasteiger charge is -2.10. The van der Waals surface area contributed by atoms with Gasteiger partial charge < -0.3 is 15.1 Å². The van der Waals surface area contributed by atoms with Crippen LogP contribution in [0.1, 0.15) is 18.6 Å². The third-order valence-electron chi connectivity index (χ3n) is 3.59. The summed E-state index contributed by atoms with van der Waals surface area (Å²) in [6.45, 7) is 0.578. The van der Waals surface area contributed by atoms with Crippen LogP contribution in [0, 0.1) is 0 Å². The molecule has 0 spiro atoms. The van der Waals surface area contributed by atoms with Gasteiger partial charge in [-0.15, -0.1) is 0 Å². The van der Waals surface area contributed by atoms with Crippen LogP contribution >= 0.6 is 0 Å². The van der Waals surface area contributed by atoms with Crippen LogP contribution in [-0.4, -0.2) is 21.0 Å². The van der Waals surface area contributed by atoms with Crippen LogP contribution in [0.4, 0.5) is 11.8 Å². The molecule has 0 unspecified atom stereocenters. The molecule has 3 heterocycles. The summed E-state index contributed by atoms with van der Waals surface area (Å²) in [6.07, 6.45) is 5.77. The Balaban J connectivity index is 1.61. The second kappa shape index (κ2) is 6.08. The Labute approximate surface area is 134 Å². The largest absolute Gasteiger partial charge is 0.467 e. The van der Waals surface area contributed by atoms with Gasteiger partial charge in [0.05, 0.1) is 24.2 Å². The second-order valence-corrected chi connectivity index (χ2v) is 5.53. The summed E-state index contributed by atoms with van der Waals surface area (Å²) in [4.78, 5) is 13.5.